The zero-order valence-electron chi connectivity index (χ0n) is 13.1. The van der Waals surface area contributed by atoms with Gasteiger partial charge in [0.25, 0.3) is 0 Å². The van der Waals surface area contributed by atoms with Gasteiger partial charge in [0, 0.05) is 6.07 Å². The molecule has 4 heteroatoms. The molecule has 122 valence electrons. The highest BCUT2D eigenvalue weighted by Crippen LogP contribution is 2.22. The van der Waals surface area contributed by atoms with Gasteiger partial charge in [-0.15, -0.1) is 0 Å². The third-order valence-electron chi connectivity index (χ3n) is 3.49. The first-order valence-corrected chi connectivity index (χ1v) is 7.60. The summed E-state index contributed by atoms with van der Waals surface area (Å²) in [6.45, 7) is 0.837. The molecule has 0 atom stereocenters. The third kappa shape index (κ3) is 4.43. The van der Waals surface area contributed by atoms with Crippen molar-refractivity contribution in [2.75, 3.05) is 0 Å². The molecule has 0 radical (unpaired) electrons. The average Bonchev–Trinajstić information content (AvgIpc) is 2.61. The maximum atomic E-state index is 9.28. The zero-order chi connectivity index (χ0) is 16.8. The molecule has 0 fully saturated rings. The lowest BCUT2D eigenvalue weighted by molar-refractivity contribution is 0.290. The number of hydrogen-bond acceptors (Lipinski definition) is 4. The minimum atomic E-state index is 0.239. The summed E-state index contributed by atoms with van der Waals surface area (Å²) in [5, 5.41) is 18.6. The largest absolute Gasteiger partial charge is 0.508 e. The predicted molar refractivity (Wildman–Crippen MR) is 91.3 cm³/mol. The molecule has 0 spiro atoms. The van der Waals surface area contributed by atoms with E-state index in [0.717, 1.165) is 11.1 Å². The first kappa shape index (κ1) is 15.7. The van der Waals surface area contributed by atoms with Crippen molar-refractivity contribution in [3.63, 3.8) is 0 Å². The molecule has 4 nitrogen and oxygen atoms in total. The van der Waals surface area contributed by atoms with Gasteiger partial charge in [0.05, 0.1) is 0 Å². The first-order chi connectivity index (χ1) is 11.7. The Morgan fingerprint density at radius 1 is 0.583 bits per heavy atom. The summed E-state index contributed by atoms with van der Waals surface area (Å²) < 4.78 is 11.5. The maximum Gasteiger partial charge on any atom is 0.123 e. The molecule has 0 aliphatic carbocycles. The van der Waals surface area contributed by atoms with E-state index in [1.54, 1.807) is 24.3 Å². The normalized spacial score (nSPS) is 10.3. The van der Waals surface area contributed by atoms with Crippen molar-refractivity contribution in [2.24, 2.45) is 0 Å². The van der Waals surface area contributed by atoms with Crippen LogP contribution in [0.3, 0.4) is 0 Å². The Bertz CT molecular complexity index is 715. The monoisotopic (exact) mass is 322 g/mol. The van der Waals surface area contributed by atoms with Crippen LogP contribution in [0.4, 0.5) is 0 Å². The Labute approximate surface area is 140 Å². The Morgan fingerprint density at radius 2 is 1.00 bits per heavy atom. The second kappa shape index (κ2) is 7.42. The molecule has 0 saturated heterocycles. The highest BCUT2D eigenvalue weighted by molar-refractivity contribution is 5.34. The lowest BCUT2D eigenvalue weighted by atomic mass is 10.2. The summed E-state index contributed by atoms with van der Waals surface area (Å²) in [5.74, 6) is 1.91. The summed E-state index contributed by atoms with van der Waals surface area (Å²) in [5.41, 5.74) is 1.95. The van der Waals surface area contributed by atoms with E-state index >= 15 is 0 Å². The van der Waals surface area contributed by atoms with E-state index in [1.807, 2.05) is 48.5 Å². The van der Waals surface area contributed by atoms with Crippen molar-refractivity contribution in [3.05, 3.63) is 83.9 Å². The van der Waals surface area contributed by atoms with Crippen LogP contribution in [0.2, 0.25) is 0 Å². The van der Waals surface area contributed by atoms with Crippen molar-refractivity contribution >= 4 is 0 Å². The van der Waals surface area contributed by atoms with Gasteiger partial charge in [0.1, 0.15) is 36.2 Å². The molecule has 3 aromatic rings. The Kier molecular flexibility index (Phi) is 4.87. The molecule has 3 rings (SSSR count). The van der Waals surface area contributed by atoms with Crippen molar-refractivity contribution in [1.29, 1.82) is 0 Å². The molecule has 0 aliphatic heterocycles. The van der Waals surface area contributed by atoms with Crippen LogP contribution in [-0.2, 0) is 13.2 Å². The molecule has 0 aliphatic rings. The number of phenolic OH excluding ortho intramolecular Hbond substituents is 2. The molecule has 0 aromatic heterocycles. The van der Waals surface area contributed by atoms with E-state index in [4.69, 9.17) is 9.47 Å². The van der Waals surface area contributed by atoms with Gasteiger partial charge >= 0.3 is 0 Å². The van der Waals surface area contributed by atoms with Crippen LogP contribution >= 0.6 is 0 Å². The van der Waals surface area contributed by atoms with E-state index in [2.05, 4.69) is 0 Å². The maximum absolute atomic E-state index is 9.28. The van der Waals surface area contributed by atoms with Gasteiger partial charge in [-0.3, -0.25) is 0 Å². The summed E-state index contributed by atoms with van der Waals surface area (Å²) in [4.78, 5) is 0. The fourth-order valence-corrected chi connectivity index (χ4v) is 2.17. The summed E-state index contributed by atoms with van der Waals surface area (Å²) in [7, 11) is 0. The number of hydrogen-bond donors (Lipinski definition) is 2. The highest BCUT2D eigenvalue weighted by atomic mass is 16.5. The quantitative estimate of drug-likeness (QED) is 0.712. The van der Waals surface area contributed by atoms with Gasteiger partial charge in [-0.1, -0.05) is 30.3 Å². The van der Waals surface area contributed by atoms with Gasteiger partial charge in [0.2, 0.25) is 0 Å². The Hall–Kier alpha value is -3.14. The van der Waals surface area contributed by atoms with E-state index in [-0.39, 0.29) is 11.5 Å². The third-order valence-corrected chi connectivity index (χ3v) is 3.49. The first-order valence-electron chi connectivity index (χ1n) is 7.60. The summed E-state index contributed by atoms with van der Waals surface area (Å²) >= 11 is 0. The lowest BCUT2D eigenvalue weighted by Crippen LogP contribution is -1.97. The molecule has 0 amide bonds. The summed E-state index contributed by atoms with van der Waals surface area (Å²) in [6, 6.07) is 21.3. The molecule has 24 heavy (non-hydrogen) atoms. The Balaban J connectivity index is 1.57. The molecular formula is C20H18O4. The van der Waals surface area contributed by atoms with E-state index in [0.29, 0.717) is 24.7 Å². The lowest BCUT2D eigenvalue weighted by Gasteiger charge is -2.10. The van der Waals surface area contributed by atoms with Crippen LogP contribution < -0.4 is 9.47 Å². The fraction of sp³-hybridized carbons (Fsp3) is 0.100. The number of aromatic hydroxyl groups is 2. The molecule has 0 saturated carbocycles. The van der Waals surface area contributed by atoms with Crippen molar-refractivity contribution in [2.45, 2.75) is 13.2 Å². The summed E-state index contributed by atoms with van der Waals surface area (Å²) in [6.07, 6.45) is 0. The highest BCUT2D eigenvalue weighted by Gasteiger charge is 2.01. The van der Waals surface area contributed by atoms with Crippen LogP contribution in [0, 0.1) is 0 Å². The van der Waals surface area contributed by atoms with E-state index in [9.17, 15) is 10.2 Å². The van der Waals surface area contributed by atoms with Crippen molar-refractivity contribution in [1.82, 2.24) is 0 Å². The van der Waals surface area contributed by atoms with Crippen molar-refractivity contribution < 1.29 is 19.7 Å². The van der Waals surface area contributed by atoms with Crippen molar-refractivity contribution in [3.8, 4) is 23.0 Å². The van der Waals surface area contributed by atoms with Gasteiger partial charge in [-0.2, -0.15) is 0 Å². The molecule has 3 aromatic carbocycles. The smallest absolute Gasteiger partial charge is 0.123 e. The number of rotatable bonds is 6. The van der Waals surface area contributed by atoms with Gasteiger partial charge in [0.15, 0.2) is 0 Å². The van der Waals surface area contributed by atoms with Gasteiger partial charge in [-0.05, 0) is 47.5 Å². The molecular weight excluding hydrogens is 304 g/mol. The average molecular weight is 322 g/mol. The second-order valence-electron chi connectivity index (χ2n) is 5.39. The molecule has 0 unspecified atom stereocenters. The topological polar surface area (TPSA) is 58.9 Å². The minimum absolute atomic E-state index is 0.239. The molecule has 2 N–H and O–H groups in total. The molecule has 0 bridgehead atoms. The fourth-order valence-electron chi connectivity index (χ4n) is 2.17. The SMILES string of the molecule is Oc1ccc(COc2cccc(OCc3ccc(O)cc3)c2)cc1. The zero-order valence-corrected chi connectivity index (χ0v) is 13.1. The van der Waals surface area contributed by atoms with Crippen LogP contribution in [0.5, 0.6) is 23.0 Å². The standard InChI is InChI=1S/C20H18O4/c21-17-8-4-15(5-9-17)13-23-19-2-1-3-20(12-19)24-14-16-6-10-18(22)11-7-16/h1-12,21-22H,13-14H2. The minimum Gasteiger partial charge on any atom is -0.508 e. The van der Waals surface area contributed by atoms with Crippen LogP contribution in [0.25, 0.3) is 0 Å². The van der Waals surface area contributed by atoms with Gasteiger partial charge in [-0.25, -0.2) is 0 Å². The Morgan fingerprint density at radius 3 is 1.42 bits per heavy atom. The number of phenols is 2. The van der Waals surface area contributed by atoms with E-state index in [1.165, 1.54) is 0 Å². The van der Waals surface area contributed by atoms with E-state index < -0.39 is 0 Å². The second-order valence-corrected chi connectivity index (χ2v) is 5.39. The number of benzene rings is 3. The predicted octanol–water partition coefficient (Wildman–Crippen LogP) is 4.26. The molecule has 0 heterocycles. The van der Waals surface area contributed by atoms with Gasteiger partial charge < -0.3 is 19.7 Å². The van der Waals surface area contributed by atoms with Crippen LogP contribution in [-0.4, -0.2) is 10.2 Å². The number of ether oxygens (including phenoxy) is 2. The van der Waals surface area contributed by atoms with Crippen LogP contribution in [0.1, 0.15) is 11.1 Å². The van der Waals surface area contributed by atoms with Crippen LogP contribution in [0.15, 0.2) is 72.8 Å².